The van der Waals surface area contributed by atoms with Crippen LogP contribution in [0.1, 0.15) is 18.4 Å². The van der Waals surface area contributed by atoms with Gasteiger partial charge in [0.25, 0.3) is 5.91 Å². The maximum Gasteiger partial charge on any atom is 0.265 e. The Balaban J connectivity index is 1.41. The molecule has 2 aliphatic rings. The summed E-state index contributed by atoms with van der Waals surface area (Å²) in [6, 6.07) is 9.03. The van der Waals surface area contributed by atoms with Gasteiger partial charge in [0.15, 0.2) is 6.10 Å². The second-order valence-electron chi connectivity index (χ2n) is 8.56. The Morgan fingerprint density at radius 3 is 2.78 bits per heavy atom. The van der Waals surface area contributed by atoms with Crippen molar-refractivity contribution in [2.24, 2.45) is 5.41 Å². The lowest BCUT2D eigenvalue weighted by atomic mass is 9.75. The molecule has 32 heavy (non-hydrogen) atoms. The number of benzene rings is 1. The smallest absolute Gasteiger partial charge is 0.265 e. The van der Waals surface area contributed by atoms with E-state index in [0.717, 1.165) is 16.9 Å². The van der Waals surface area contributed by atoms with Crippen molar-refractivity contribution in [3.8, 4) is 11.8 Å². The Morgan fingerprint density at radius 1 is 1.41 bits per heavy atom. The third-order valence-corrected chi connectivity index (χ3v) is 6.46. The number of carbonyl (C=O) groups excluding carboxylic acids is 1. The minimum atomic E-state index is -0.644. The molecule has 1 aromatic heterocycles. The fourth-order valence-electron chi connectivity index (χ4n) is 4.24. The summed E-state index contributed by atoms with van der Waals surface area (Å²) in [5, 5.41) is 13.7. The predicted octanol–water partition coefficient (Wildman–Crippen LogP) is 3.49. The third kappa shape index (κ3) is 4.44. The van der Waals surface area contributed by atoms with E-state index in [1.165, 1.54) is 12.3 Å². The van der Waals surface area contributed by atoms with Gasteiger partial charge in [-0.3, -0.25) is 4.79 Å². The van der Waals surface area contributed by atoms with Crippen LogP contribution in [0.2, 0.25) is 5.02 Å². The average molecular weight is 458 g/mol. The highest BCUT2D eigenvalue weighted by Gasteiger charge is 2.39. The molecular weight excluding hydrogens is 433 g/mol. The fraction of sp³-hybridized carbons (Fsp3) is 0.435. The molecule has 0 spiro atoms. The number of nitrogens with one attached hydrogen (secondary N) is 1. The number of anilines is 2. The minimum Gasteiger partial charge on any atom is -0.476 e. The average Bonchev–Trinajstić information content (AvgIpc) is 2.79. The van der Waals surface area contributed by atoms with Crippen LogP contribution >= 0.6 is 11.6 Å². The van der Waals surface area contributed by atoms with Gasteiger partial charge in [0.2, 0.25) is 5.95 Å². The van der Waals surface area contributed by atoms with Gasteiger partial charge in [0.05, 0.1) is 34.4 Å². The van der Waals surface area contributed by atoms with E-state index in [1.54, 1.807) is 17.0 Å². The number of aromatic nitrogens is 1. The zero-order valence-corrected chi connectivity index (χ0v) is 18.8. The maximum absolute atomic E-state index is 13.1. The topological polar surface area (TPSA) is 81.5 Å². The summed E-state index contributed by atoms with van der Waals surface area (Å²) < 4.78 is 19.1. The van der Waals surface area contributed by atoms with Gasteiger partial charge in [-0.1, -0.05) is 17.7 Å². The van der Waals surface area contributed by atoms with Gasteiger partial charge >= 0.3 is 0 Å². The number of halogens is 2. The number of piperidine rings is 1. The maximum atomic E-state index is 13.1. The quantitative estimate of drug-likeness (QED) is 0.708. The van der Waals surface area contributed by atoms with E-state index in [0.29, 0.717) is 49.7 Å². The molecule has 1 saturated heterocycles. The van der Waals surface area contributed by atoms with E-state index in [1.807, 2.05) is 25.1 Å². The molecule has 1 aromatic carbocycles. The van der Waals surface area contributed by atoms with Gasteiger partial charge in [-0.15, -0.1) is 0 Å². The number of rotatable bonds is 4. The van der Waals surface area contributed by atoms with Crippen LogP contribution in [0.3, 0.4) is 0 Å². The van der Waals surface area contributed by atoms with Crippen LogP contribution in [0.15, 0.2) is 30.5 Å². The van der Waals surface area contributed by atoms with E-state index in [9.17, 15) is 14.4 Å². The van der Waals surface area contributed by atoms with Gasteiger partial charge in [-0.25, -0.2) is 4.98 Å². The molecule has 2 aliphatic heterocycles. The lowest BCUT2D eigenvalue weighted by Crippen LogP contribution is -2.51. The number of nitrogens with zero attached hydrogens (tertiary/aromatic N) is 4. The highest BCUT2D eigenvalue weighted by molar-refractivity contribution is 6.33. The lowest BCUT2D eigenvalue weighted by molar-refractivity contribution is -0.140. The number of pyridine rings is 1. The molecule has 3 heterocycles. The Kier molecular flexibility index (Phi) is 6.11. The molecule has 1 amide bonds. The Labute approximate surface area is 191 Å². The number of hydrogen-bond donors (Lipinski definition) is 1. The molecule has 0 aliphatic carbocycles. The summed E-state index contributed by atoms with van der Waals surface area (Å²) in [7, 11) is 3.79. The first-order valence-corrected chi connectivity index (χ1v) is 10.9. The molecule has 0 bridgehead atoms. The number of nitriles is 1. The molecular formula is C23H25ClFN5O2. The van der Waals surface area contributed by atoms with Gasteiger partial charge in [-0.05, 0) is 37.0 Å². The van der Waals surface area contributed by atoms with Crippen molar-refractivity contribution >= 4 is 28.9 Å². The first-order chi connectivity index (χ1) is 15.3. The van der Waals surface area contributed by atoms with Crippen molar-refractivity contribution < 1.29 is 13.9 Å². The van der Waals surface area contributed by atoms with Crippen molar-refractivity contribution in [2.75, 3.05) is 43.9 Å². The molecule has 9 heteroatoms. The highest BCUT2D eigenvalue weighted by atomic mass is 35.5. The van der Waals surface area contributed by atoms with E-state index in [-0.39, 0.29) is 5.91 Å². The number of likely N-dealkylation sites (tertiary alicyclic amines) is 1. The zero-order chi connectivity index (χ0) is 22.9. The summed E-state index contributed by atoms with van der Waals surface area (Å²) >= 11 is 6.32. The van der Waals surface area contributed by atoms with Crippen LogP contribution in [0.4, 0.5) is 15.8 Å². The van der Waals surface area contributed by atoms with Crippen LogP contribution in [-0.4, -0.2) is 55.6 Å². The second-order valence-corrected chi connectivity index (χ2v) is 8.97. The van der Waals surface area contributed by atoms with Gasteiger partial charge in [-0.2, -0.15) is 9.65 Å². The molecule has 1 unspecified atom stereocenters. The molecule has 1 fully saturated rings. The van der Waals surface area contributed by atoms with Gasteiger partial charge < -0.3 is 19.9 Å². The second kappa shape index (κ2) is 8.83. The van der Waals surface area contributed by atoms with Crippen LogP contribution in [0, 0.1) is 22.7 Å². The van der Waals surface area contributed by atoms with Gasteiger partial charge in [0.1, 0.15) is 5.75 Å². The predicted molar refractivity (Wildman–Crippen MR) is 120 cm³/mol. The molecule has 2 aromatic rings. The number of ether oxygens (including phenoxy) is 1. The molecule has 7 nitrogen and oxygen atoms in total. The minimum absolute atomic E-state index is 0.0977. The molecule has 4 rings (SSSR count). The summed E-state index contributed by atoms with van der Waals surface area (Å²) in [5.74, 6) is -0.0443. The van der Waals surface area contributed by atoms with Gasteiger partial charge in [0, 0.05) is 39.4 Å². The number of hydrogen-bond acceptors (Lipinski definition) is 6. The monoisotopic (exact) mass is 457 g/mol. The summed E-state index contributed by atoms with van der Waals surface area (Å²) in [6.07, 6.45) is 2.41. The van der Waals surface area contributed by atoms with Crippen molar-refractivity contribution in [3.05, 3.63) is 47.0 Å². The third-order valence-electron chi connectivity index (χ3n) is 6.15. The van der Waals surface area contributed by atoms with Crippen LogP contribution in [0.5, 0.6) is 5.75 Å². The first kappa shape index (κ1) is 22.2. The fourth-order valence-corrected chi connectivity index (χ4v) is 4.58. The van der Waals surface area contributed by atoms with Crippen molar-refractivity contribution in [1.82, 2.24) is 9.88 Å². The SMILES string of the molecule is CN(C)c1cc2c(cc1Cl)NCC(C(=O)N1CCC(C#N)(Cc3ccc(F)nc3)CC1)O2. The van der Waals surface area contributed by atoms with E-state index >= 15 is 0 Å². The summed E-state index contributed by atoms with van der Waals surface area (Å²) in [6.45, 7) is 1.29. The molecule has 1 N–H and O–H groups in total. The summed E-state index contributed by atoms with van der Waals surface area (Å²) in [5.41, 5.74) is 1.80. The Hall–Kier alpha value is -3.05. The largest absolute Gasteiger partial charge is 0.476 e. The molecule has 0 radical (unpaired) electrons. The van der Waals surface area contributed by atoms with Crippen molar-refractivity contribution in [2.45, 2.75) is 25.4 Å². The first-order valence-electron chi connectivity index (χ1n) is 10.5. The molecule has 0 saturated carbocycles. The lowest BCUT2D eigenvalue weighted by Gasteiger charge is -2.39. The summed E-state index contributed by atoms with van der Waals surface area (Å²) in [4.78, 5) is 20.5. The van der Waals surface area contributed by atoms with Crippen LogP contribution in [-0.2, 0) is 11.2 Å². The number of carbonyl (C=O) groups is 1. The Bertz CT molecular complexity index is 1050. The number of amides is 1. The Morgan fingerprint density at radius 2 is 2.16 bits per heavy atom. The zero-order valence-electron chi connectivity index (χ0n) is 18.1. The van der Waals surface area contributed by atoms with E-state index < -0.39 is 17.5 Å². The van der Waals surface area contributed by atoms with Crippen molar-refractivity contribution in [1.29, 1.82) is 5.26 Å². The normalized spacial score (nSPS) is 19.2. The highest BCUT2D eigenvalue weighted by Crippen LogP contribution is 2.39. The van der Waals surface area contributed by atoms with Crippen LogP contribution < -0.4 is 15.0 Å². The van der Waals surface area contributed by atoms with Crippen molar-refractivity contribution in [3.63, 3.8) is 0 Å². The van der Waals surface area contributed by atoms with Crippen LogP contribution in [0.25, 0.3) is 0 Å². The standard InChI is InChI=1S/C23H25ClFN5O2/c1-29(2)18-10-19-17(9-16(18)24)27-13-20(32-19)22(31)30-7-5-23(14-26,6-8-30)11-15-3-4-21(25)28-12-15/h3-4,9-10,12,20,27H,5-8,11,13H2,1-2H3. The van der Waals surface area contributed by atoms with E-state index in [2.05, 4.69) is 16.4 Å². The molecule has 168 valence electrons. The molecule has 1 atom stereocenters. The number of fused-ring (bicyclic) bond motifs is 1. The van der Waals surface area contributed by atoms with E-state index in [4.69, 9.17) is 16.3 Å².